The molecule has 0 aromatic heterocycles. The van der Waals surface area contributed by atoms with Crippen molar-refractivity contribution in [2.75, 3.05) is 6.54 Å². The highest BCUT2D eigenvalue weighted by Gasteiger charge is 2.24. The van der Waals surface area contributed by atoms with Crippen LogP contribution in [-0.2, 0) is 9.59 Å². The van der Waals surface area contributed by atoms with Crippen LogP contribution in [0, 0.1) is 5.92 Å². The highest BCUT2D eigenvalue weighted by Crippen LogP contribution is 2.09. The molecular weight excluding hydrogens is 218 g/mol. The molecule has 17 heavy (non-hydrogen) atoms. The number of nitrogens with one attached hydrogen (secondary N) is 1. The smallest absolute Gasteiger partial charge is 0.230 e. The zero-order valence-electron chi connectivity index (χ0n) is 10.9. The molecule has 0 aromatic rings. The van der Waals surface area contributed by atoms with Gasteiger partial charge in [-0.25, -0.2) is 0 Å². The molecule has 1 atom stereocenters. The van der Waals surface area contributed by atoms with Gasteiger partial charge in [-0.05, 0) is 20.1 Å². The van der Waals surface area contributed by atoms with Gasteiger partial charge in [-0.3, -0.25) is 19.9 Å². The molecule has 1 fully saturated rings. The second-order valence-corrected chi connectivity index (χ2v) is 3.05. The third kappa shape index (κ3) is 9.44. The highest BCUT2D eigenvalue weighted by molar-refractivity contribution is 5.98. The van der Waals surface area contributed by atoms with Crippen LogP contribution in [0.1, 0.15) is 33.6 Å². The van der Waals surface area contributed by atoms with E-state index in [1.54, 1.807) is 6.20 Å². The van der Waals surface area contributed by atoms with Crippen molar-refractivity contribution in [3.05, 3.63) is 12.3 Å². The van der Waals surface area contributed by atoms with E-state index in [4.69, 9.17) is 5.73 Å². The molecule has 0 saturated carbocycles. The van der Waals surface area contributed by atoms with Gasteiger partial charge in [0.2, 0.25) is 11.8 Å². The number of carbonyl (C=O) groups is 2. The Labute approximate surface area is 103 Å². The van der Waals surface area contributed by atoms with Crippen LogP contribution >= 0.6 is 0 Å². The minimum Gasteiger partial charge on any atom is -0.330 e. The maximum absolute atomic E-state index is 10.8. The molecule has 0 radical (unpaired) electrons. The first-order valence-corrected chi connectivity index (χ1v) is 5.76. The topological polar surface area (TPSA) is 84.5 Å². The van der Waals surface area contributed by atoms with Crippen LogP contribution < -0.4 is 11.1 Å². The van der Waals surface area contributed by atoms with Gasteiger partial charge >= 0.3 is 0 Å². The second-order valence-electron chi connectivity index (χ2n) is 3.05. The van der Waals surface area contributed by atoms with Crippen molar-refractivity contribution in [3.8, 4) is 0 Å². The lowest BCUT2D eigenvalue weighted by atomic mass is 9.99. The van der Waals surface area contributed by atoms with Crippen molar-refractivity contribution in [1.29, 1.82) is 0 Å². The zero-order valence-corrected chi connectivity index (χ0v) is 10.9. The number of piperidine rings is 1. The number of carbonyl (C=O) groups excluding carboxylic acids is 2. The summed E-state index contributed by atoms with van der Waals surface area (Å²) >= 11 is 0. The summed E-state index contributed by atoms with van der Waals surface area (Å²) in [6, 6.07) is 0. The van der Waals surface area contributed by atoms with Crippen LogP contribution in [0.5, 0.6) is 0 Å². The van der Waals surface area contributed by atoms with E-state index in [1.807, 2.05) is 26.8 Å². The van der Waals surface area contributed by atoms with E-state index < -0.39 is 0 Å². The van der Waals surface area contributed by atoms with Crippen LogP contribution in [0.15, 0.2) is 17.3 Å². The summed E-state index contributed by atoms with van der Waals surface area (Å²) in [6.45, 7) is 9.44. The molecule has 2 amide bonds. The maximum Gasteiger partial charge on any atom is 0.230 e. The fourth-order valence-electron chi connectivity index (χ4n) is 1.07. The van der Waals surface area contributed by atoms with E-state index in [1.165, 1.54) is 0 Å². The Morgan fingerprint density at radius 2 is 2.12 bits per heavy atom. The third-order valence-corrected chi connectivity index (χ3v) is 1.89. The number of nitrogens with zero attached hydrogens (tertiary/aromatic N) is 1. The average Bonchev–Trinajstić information content (AvgIpc) is 2.34. The lowest BCUT2D eigenvalue weighted by Crippen LogP contribution is -2.43. The van der Waals surface area contributed by atoms with Crippen LogP contribution in [0.4, 0.5) is 0 Å². The molecule has 98 valence electrons. The van der Waals surface area contributed by atoms with E-state index in [-0.39, 0.29) is 17.7 Å². The number of allylic oxidation sites excluding steroid dienone is 1. The number of nitrogens with two attached hydrogens (primary N) is 1. The van der Waals surface area contributed by atoms with Crippen LogP contribution in [-0.4, -0.2) is 25.1 Å². The van der Waals surface area contributed by atoms with Gasteiger partial charge in [0.05, 0.1) is 5.92 Å². The van der Waals surface area contributed by atoms with Crippen LogP contribution in [0.2, 0.25) is 0 Å². The molecule has 1 heterocycles. The molecule has 1 unspecified atom stereocenters. The van der Waals surface area contributed by atoms with Gasteiger partial charge in [-0.15, -0.1) is 0 Å². The van der Waals surface area contributed by atoms with Crippen LogP contribution in [0.3, 0.4) is 0 Å². The lowest BCUT2D eigenvalue weighted by molar-refractivity contribution is -0.136. The Hall–Kier alpha value is -1.49. The van der Waals surface area contributed by atoms with E-state index in [2.05, 4.69) is 17.0 Å². The SMILES string of the molecule is C=N/C=C\C.CC.NCC1CCC(=O)NC1=O. The Bertz CT molecular complexity index is 262. The number of imide groups is 1. The van der Waals surface area contributed by atoms with Gasteiger partial charge in [0.25, 0.3) is 0 Å². The number of hydrogen-bond acceptors (Lipinski definition) is 4. The molecular formula is C12H23N3O2. The van der Waals surface area contributed by atoms with E-state index in [9.17, 15) is 9.59 Å². The van der Waals surface area contributed by atoms with Crippen molar-refractivity contribution in [2.45, 2.75) is 33.6 Å². The average molecular weight is 241 g/mol. The number of rotatable bonds is 2. The van der Waals surface area contributed by atoms with Gasteiger partial charge in [-0.1, -0.05) is 19.9 Å². The lowest BCUT2D eigenvalue weighted by Gasteiger charge is -2.18. The fraction of sp³-hybridized carbons (Fsp3) is 0.583. The predicted molar refractivity (Wildman–Crippen MR) is 70.6 cm³/mol. The van der Waals surface area contributed by atoms with E-state index in [0.717, 1.165) is 0 Å². The standard InChI is InChI=1S/C6H10N2O2.C4H7N.C2H6/c7-3-4-1-2-5(9)8-6(4)10;1-3-4-5-2;1-2/h4H,1-3,7H2,(H,8,9,10);3-4H,2H2,1H3;1-2H3/b;4-3-;. The largest absolute Gasteiger partial charge is 0.330 e. The minimum absolute atomic E-state index is 0.155. The molecule has 0 spiro atoms. The molecule has 1 saturated heterocycles. The van der Waals surface area contributed by atoms with Crippen molar-refractivity contribution in [3.63, 3.8) is 0 Å². The van der Waals surface area contributed by atoms with E-state index in [0.29, 0.717) is 19.4 Å². The summed E-state index contributed by atoms with van der Waals surface area (Å²) in [7, 11) is 0. The van der Waals surface area contributed by atoms with Crippen molar-refractivity contribution in [1.82, 2.24) is 5.32 Å². The van der Waals surface area contributed by atoms with Crippen molar-refractivity contribution in [2.24, 2.45) is 16.6 Å². The molecule has 0 aromatic carbocycles. The molecule has 5 heteroatoms. The monoisotopic (exact) mass is 241 g/mol. The molecule has 1 rings (SSSR count). The summed E-state index contributed by atoms with van der Waals surface area (Å²) < 4.78 is 0. The Morgan fingerprint density at radius 1 is 1.53 bits per heavy atom. The summed E-state index contributed by atoms with van der Waals surface area (Å²) in [5, 5.41) is 2.22. The molecule has 3 N–H and O–H groups in total. The normalized spacial score (nSPS) is 18.5. The molecule has 0 bridgehead atoms. The van der Waals surface area contributed by atoms with Gasteiger partial charge in [-0.2, -0.15) is 0 Å². The molecule has 0 aliphatic carbocycles. The number of aliphatic imine (C=N–C) groups is 1. The summed E-state index contributed by atoms with van der Waals surface area (Å²) in [4.78, 5) is 24.8. The quantitative estimate of drug-likeness (QED) is 0.563. The van der Waals surface area contributed by atoms with Gasteiger partial charge < -0.3 is 5.73 Å². The second kappa shape index (κ2) is 12.6. The molecule has 1 aliphatic heterocycles. The van der Waals surface area contributed by atoms with Crippen molar-refractivity contribution >= 4 is 18.5 Å². The first-order valence-electron chi connectivity index (χ1n) is 5.76. The molecule has 5 nitrogen and oxygen atoms in total. The summed E-state index contributed by atoms with van der Waals surface area (Å²) in [5.74, 6) is -0.564. The fourth-order valence-corrected chi connectivity index (χ4v) is 1.07. The van der Waals surface area contributed by atoms with Gasteiger partial charge in [0, 0.05) is 19.2 Å². The van der Waals surface area contributed by atoms with Crippen molar-refractivity contribution < 1.29 is 9.59 Å². The number of amides is 2. The molecule has 1 aliphatic rings. The number of hydrogen-bond donors (Lipinski definition) is 2. The third-order valence-electron chi connectivity index (χ3n) is 1.89. The first-order chi connectivity index (χ1) is 8.15. The van der Waals surface area contributed by atoms with E-state index >= 15 is 0 Å². The maximum atomic E-state index is 10.8. The summed E-state index contributed by atoms with van der Waals surface area (Å²) in [6.07, 6.45) is 4.49. The first kappa shape index (κ1) is 17.9. The minimum atomic E-state index is -0.223. The Balaban J connectivity index is 0. The van der Waals surface area contributed by atoms with Gasteiger partial charge in [0.15, 0.2) is 0 Å². The predicted octanol–water partition coefficient (Wildman–Crippen LogP) is 1.24. The summed E-state index contributed by atoms with van der Waals surface area (Å²) in [5.41, 5.74) is 5.27. The Morgan fingerprint density at radius 3 is 2.41 bits per heavy atom. The highest BCUT2D eigenvalue weighted by atomic mass is 16.2. The van der Waals surface area contributed by atoms with Crippen LogP contribution in [0.25, 0.3) is 0 Å². The van der Waals surface area contributed by atoms with Gasteiger partial charge in [0.1, 0.15) is 0 Å². The zero-order chi connectivity index (χ0) is 13.7. The Kier molecular flexibility index (Phi) is 13.2.